The van der Waals surface area contributed by atoms with Gasteiger partial charge < -0.3 is 19.3 Å². The van der Waals surface area contributed by atoms with Gasteiger partial charge in [0.1, 0.15) is 22.5 Å². The number of likely N-dealkylation sites (N-methyl/N-ethyl adjacent to an activating group) is 2. The fraction of sp³-hybridized carbons (Fsp3) is 0.385. The van der Waals surface area contributed by atoms with Crippen molar-refractivity contribution in [1.29, 1.82) is 0 Å². The first-order valence-electron chi connectivity index (χ1n) is 11.6. The number of nitrogens with zero attached hydrogens (tertiary/aromatic N) is 2. The molecule has 4 atom stereocenters. The van der Waals surface area contributed by atoms with Crippen molar-refractivity contribution in [2.75, 3.05) is 37.1 Å². The van der Waals surface area contributed by atoms with E-state index in [1.165, 1.54) is 36.0 Å². The number of carbonyl (C=O) groups excluding carboxylic acids is 4. The maximum Gasteiger partial charge on any atom is 0.311 e. The topological polar surface area (TPSA) is 93.2 Å². The number of halogens is 2. The summed E-state index contributed by atoms with van der Waals surface area (Å²) >= 11 is 0. The van der Waals surface area contributed by atoms with Crippen molar-refractivity contribution >= 4 is 35.1 Å². The van der Waals surface area contributed by atoms with E-state index in [0.717, 1.165) is 24.3 Å². The van der Waals surface area contributed by atoms with Crippen molar-refractivity contribution in [2.45, 2.75) is 24.7 Å². The lowest BCUT2D eigenvalue weighted by molar-refractivity contribution is -0.194. The maximum atomic E-state index is 14.7. The minimum atomic E-state index is -2.06. The van der Waals surface area contributed by atoms with Crippen molar-refractivity contribution in [3.8, 4) is 0 Å². The van der Waals surface area contributed by atoms with E-state index in [4.69, 9.17) is 9.47 Å². The summed E-state index contributed by atoms with van der Waals surface area (Å²) < 4.78 is 40.0. The van der Waals surface area contributed by atoms with Gasteiger partial charge in [0, 0.05) is 25.5 Å². The average Bonchev–Trinajstić information content (AvgIpc) is 3.19. The third-order valence-electron chi connectivity index (χ3n) is 7.74. The van der Waals surface area contributed by atoms with Crippen LogP contribution in [0, 0.1) is 23.5 Å². The van der Waals surface area contributed by atoms with Crippen LogP contribution in [0.15, 0.2) is 36.4 Å². The summed E-state index contributed by atoms with van der Waals surface area (Å²) in [7, 11) is 2.88. The molecule has 0 aromatic heterocycles. The molecule has 0 bridgehead atoms. The molecule has 3 aliphatic rings. The van der Waals surface area contributed by atoms with E-state index in [9.17, 15) is 28.0 Å². The van der Waals surface area contributed by atoms with E-state index in [1.54, 1.807) is 13.8 Å². The van der Waals surface area contributed by atoms with Crippen LogP contribution < -0.4 is 9.80 Å². The molecule has 5 rings (SSSR count). The van der Waals surface area contributed by atoms with Crippen LogP contribution in [0.1, 0.15) is 25.0 Å². The SMILES string of the molecule is CCOC(=O)[C@@H]1[C@@H](C(=O)OCC)[C@]2(C(=O)N(C)c3ccc(F)cc32)[C@@]12C(=O)N(C)c1ccc(F)cc12. The minimum Gasteiger partial charge on any atom is -0.466 e. The summed E-state index contributed by atoms with van der Waals surface area (Å²) in [5, 5.41) is 0. The molecule has 10 heteroatoms. The molecule has 2 aromatic rings. The highest BCUT2D eigenvalue weighted by atomic mass is 19.1. The Balaban J connectivity index is 1.94. The number of esters is 2. The Morgan fingerprint density at radius 3 is 1.47 bits per heavy atom. The van der Waals surface area contributed by atoms with Crippen molar-refractivity contribution in [1.82, 2.24) is 0 Å². The number of rotatable bonds is 4. The van der Waals surface area contributed by atoms with Crippen molar-refractivity contribution in [3.05, 3.63) is 59.2 Å². The van der Waals surface area contributed by atoms with Gasteiger partial charge in [-0.1, -0.05) is 0 Å². The van der Waals surface area contributed by atoms with E-state index in [2.05, 4.69) is 0 Å². The van der Waals surface area contributed by atoms with Gasteiger partial charge in [0.05, 0.1) is 25.0 Å². The number of hydrogen-bond donors (Lipinski definition) is 0. The summed E-state index contributed by atoms with van der Waals surface area (Å²) in [6.45, 7) is 3.00. The molecule has 1 fully saturated rings. The number of fused-ring (bicyclic) bond motifs is 5. The summed E-state index contributed by atoms with van der Waals surface area (Å²) in [5.74, 6) is -7.62. The van der Waals surface area contributed by atoms with Crippen molar-refractivity contribution in [2.24, 2.45) is 11.8 Å². The zero-order chi connectivity index (χ0) is 26.2. The standard InChI is InChI=1S/C26H24F2N2O6/c1-5-35-21(31)19-20(22(32)36-6-2)26(16-12-14(28)8-10-18(16)30(4)24(26)34)25(19)15-11-13(27)7-9-17(15)29(3)23(25)33/h7-12,19-20H,5-6H2,1-4H3/t19-,20-,25+,26+/m0/s1. The lowest BCUT2D eigenvalue weighted by Gasteiger charge is -2.61. The zero-order valence-corrected chi connectivity index (χ0v) is 20.1. The molecule has 2 aromatic carbocycles. The molecule has 0 N–H and O–H groups in total. The van der Waals surface area contributed by atoms with Crippen molar-refractivity contribution < 1.29 is 37.4 Å². The average molecular weight is 498 g/mol. The summed E-state index contributed by atoms with van der Waals surface area (Å²) in [5.41, 5.74) is -3.45. The molecule has 2 aliphatic heterocycles. The molecule has 188 valence electrons. The molecule has 1 aliphatic carbocycles. The van der Waals surface area contributed by atoms with Crippen LogP contribution >= 0.6 is 0 Å². The number of amides is 2. The van der Waals surface area contributed by atoms with Gasteiger partial charge in [-0.05, 0) is 61.4 Å². The fourth-order valence-electron chi connectivity index (χ4n) is 6.56. The van der Waals surface area contributed by atoms with E-state index < -0.39 is 58.1 Å². The lowest BCUT2D eigenvalue weighted by Crippen LogP contribution is -2.80. The zero-order valence-electron chi connectivity index (χ0n) is 20.1. The second-order valence-electron chi connectivity index (χ2n) is 9.13. The van der Waals surface area contributed by atoms with Crippen LogP contribution in [0.3, 0.4) is 0 Å². The van der Waals surface area contributed by atoms with Crippen molar-refractivity contribution in [3.63, 3.8) is 0 Å². The van der Waals surface area contributed by atoms with Gasteiger partial charge >= 0.3 is 11.9 Å². The van der Waals surface area contributed by atoms with Gasteiger partial charge in [0.2, 0.25) is 11.8 Å². The fourth-order valence-corrected chi connectivity index (χ4v) is 6.56. The molecule has 0 radical (unpaired) electrons. The number of ether oxygens (including phenoxy) is 2. The van der Waals surface area contributed by atoms with E-state index in [0.29, 0.717) is 0 Å². The Bertz CT molecular complexity index is 1240. The Kier molecular flexibility index (Phi) is 5.21. The predicted molar refractivity (Wildman–Crippen MR) is 123 cm³/mol. The van der Waals surface area contributed by atoms with E-state index in [1.807, 2.05) is 0 Å². The first-order valence-corrected chi connectivity index (χ1v) is 11.6. The smallest absolute Gasteiger partial charge is 0.311 e. The summed E-state index contributed by atoms with van der Waals surface area (Å²) in [4.78, 5) is 57.8. The molecule has 2 amide bonds. The van der Waals surface area contributed by atoms with Crippen LogP contribution in [0.2, 0.25) is 0 Å². The van der Waals surface area contributed by atoms with E-state index >= 15 is 0 Å². The number of anilines is 2. The van der Waals surface area contributed by atoms with Gasteiger partial charge in [0.15, 0.2) is 0 Å². The Morgan fingerprint density at radius 2 is 1.14 bits per heavy atom. The normalized spacial score (nSPS) is 27.8. The first kappa shape index (κ1) is 23.9. The van der Waals surface area contributed by atoms with Gasteiger partial charge in [-0.15, -0.1) is 0 Å². The molecule has 1 saturated carbocycles. The van der Waals surface area contributed by atoms with Crippen LogP contribution in [0.4, 0.5) is 20.2 Å². The molecule has 2 spiro atoms. The van der Waals surface area contributed by atoms with Gasteiger partial charge in [-0.2, -0.15) is 0 Å². The van der Waals surface area contributed by atoms with Crippen LogP contribution in [-0.2, 0) is 39.5 Å². The Hall–Kier alpha value is -3.82. The summed E-state index contributed by atoms with van der Waals surface area (Å²) in [6.07, 6.45) is 0. The second-order valence-corrected chi connectivity index (χ2v) is 9.13. The molecule has 8 nitrogen and oxygen atoms in total. The number of carbonyl (C=O) groups is 4. The molecule has 0 saturated heterocycles. The maximum absolute atomic E-state index is 14.7. The molecule has 2 heterocycles. The molecule has 36 heavy (non-hydrogen) atoms. The third kappa shape index (κ3) is 2.51. The highest BCUT2D eigenvalue weighted by Crippen LogP contribution is 2.73. The summed E-state index contributed by atoms with van der Waals surface area (Å²) in [6, 6.07) is 7.26. The Labute approximate surface area is 205 Å². The molecular weight excluding hydrogens is 474 g/mol. The second kappa shape index (κ2) is 7.84. The van der Waals surface area contributed by atoms with Gasteiger partial charge in [-0.3, -0.25) is 19.2 Å². The van der Waals surface area contributed by atoms with Crippen LogP contribution in [0.5, 0.6) is 0 Å². The lowest BCUT2D eigenvalue weighted by atomic mass is 9.34. The predicted octanol–water partition coefficient (Wildman–Crippen LogP) is 2.47. The van der Waals surface area contributed by atoms with Crippen LogP contribution in [-0.4, -0.2) is 51.1 Å². The van der Waals surface area contributed by atoms with Gasteiger partial charge in [-0.25, -0.2) is 8.78 Å². The highest BCUT2D eigenvalue weighted by Gasteiger charge is 2.88. The third-order valence-corrected chi connectivity index (χ3v) is 7.74. The largest absolute Gasteiger partial charge is 0.466 e. The van der Waals surface area contributed by atoms with Crippen LogP contribution in [0.25, 0.3) is 0 Å². The number of benzene rings is 2. The number of hydrogen-bond acceptors (Lipinski definition) is 6. The quantitative estimate of drug-likeness (QED) is 0.602. The monoisotopic (exact) mass is 498 g/mol. The highest BCUT2D eigenvalue weighted by molar-refractivity contribution is 6.24. The minimum absolute atomic E-state index is 0.0624. The molecular formula is C26H24F2N2O6. The first-order chi connectivity index (χ1) is 17.1. The molecule has 0 unspecified atom stereocenters. The van der Waals surface area contributed by atoms with Gasteiger partial charge in [0.25, 0.3) is 0 Å². The van der Waals surface area contributed by atoms with E-state index in [-0.39, 0.29) is 35.7 Å². The Morgan fingerprint density at radius 1 is 0.778 bits per heavy atom.